The highest BCUT2D eigenvalue weighted by molar-refractivity contribution is 14.1. The molecule has 1 amide bonds. The number of carbonyl (C=O) groups excluding carboxylic acids is 1. The minimum Gasteiger partial charge on any atom is -0.391 e. The first kappa shape index (κ1) is 22.7. The van der Waals surface area contributed by atoms with E-state index in [0.29, 0.717) is 18.5 Å². The number of halogens is 3. The van der Waals surface area contributed by atoms with Crippen molar-refractivity contribution in [3.8, 4) is 0 Å². The molecule has 0 aliphatic heterocycles. The molecular weight excluding hydrogens is 477 g/mol. The van der Waals surface area contributed by atoms with Crippen molar-refractivity contribution < 1.29 is 18.7 Å². The first-order valence-electron chi connectivity index (χ1n) is 9.17. The van der Waals surface area contributed by atoms with E-state index < -0.39 is 35.5 Å². The molecule has 0 aromatic heterocycles. The molecule has 2 rings (SSSR count). The van der Waals surface area contributed by atoms with Crippen LogP contribution in [0.15, 0.2) is 42.5 Å². The lowest BCUT2D eigenvalue weighted by Gasteiger charge is -2.29. The number of hydrogen-bond acceptors (Lipinski definition) is 3. The molecule has 1 unspecified atom stereocenters. The summed E-state index contributed by atoms with van der Waals surface area (Å²) >= 11 is 2.23. The largest absolute Gasteiger partial charge is 0.391 e. The highest BCUT2D eigenvalue weighted by Crippen LogP contribution is 2.25. The second-order valence-corrected chi connectivity index (χ2v) is 8.14. The summed E-state index contributed by atoms with van der Waals surface area (Å²) in [5.74, 6) is -3.05. The van der Waals surface area contributed by atoms with Gasteiger partial charge in [0.15, 0.2) is 0 Å². The van der Waals surface area contributed by atoms with Crippen LogP contribution in [0.2, 0.25) is 0 Å². The normalized spacial score (nSPS) is 14.5. The Balaban J connectivity index is 2.09. The van der Waals surface area contributed by atoms with Crippen LogP contribution in [0.4, 0.5) is 8.78 Å². The van der Waals surface area contributed by atoms with E-state index in [9.17, 15) is 18.7 Å². The number of primary amides is 1. The summed E-state index contributed by atoms with van der Waals surface area (Å²) in [7, 11) is 0. The van der Waals surface area contributed by atoms with Crippen LogP contribution < -0.4 is 11.1 Å². The molecule has 0 saturated heterocycles. The Morgan fingerprint density at radius 3 is 2.43 bits per heavy atom. The van der Waals surface area contributed by atoms with Gasteiger partial charge < -0.3 is 16.2 Å². The van der Waals surface area contributed by atoms with Crippen LogP contribution in [0.25, 0.3) is 0 Å². The van der Waals surface area contributed by atoms with Crippen molar-refractivity contribution in [3.05, 3.63) is 68.8 Å². The average Bonchev–Trinajstić information content (AvgIpc) is 2.60. The standard InChI is InChI=1S/C21H25F2IN2O2/c1-2-18(21(25)28)19(9-14-6-15(22)10-16(23)7-14)20(27)12-26-11-13-4-3-5-17(24)8-13/h3-8,10,18-20,26-27H,2,9,11-12H2,1H3,(H2,25,28)/t18?,19-,20-/m0/s1. The van der Waals surface area contributed by atoms with Gasteiger partial charge in [-0.15, -0.1) is 0 Å². The second kappa shape index (κ2) is 10.8. The number of hydrogen-bond donors (Lipinski definition) is 3. The highest BCUT2D eigenvalue weighted by atomic mass is 127. The predicted molar refractivity (Wildman–Crippen MR) is 113 cm³/mol. The van der Waals surface area contributed by atoms with Crippen molar-refractivity contribution in [2.24, 2.45) is 17.6 Å². The Kier molecular flexibility index (Phi) is 8.78. The third-order valence-corrected chi connectivity index (χ3v) is 5.45. The third kappa shape index (κ3) is 6.79. The van der Waals surface area contributed by atoms with Crippen molar-refractivity contribution in [3.63, 3.8) is 0 Å². The smallest absolute Gasteiger partial charge is 0.220 e. The van der Waals surface area contributed by atoms with Gasteiger partial charge in [0, 0.05) is 34.6 Å². The molecule has 0 bridgehead atoms. The van der Waals surface area contributed by atoms with Gasteiger partial charge in [-0.3, -0.25) is 4.79 Å². The van der Waals surface area contributed by atoms with Crippen molar-refractivity contribution in [1.29, 1.82) is 0 Å². The summed E-state index contributed by atoms with van der Waals surface area (Å²) in [6, 6.07) is 11.2. The Labute approximate surface area is 177 Å². The Bertz CT molecular complexity index is 783. The van der Waals surface area contributed by atoms with Crippen LogP contribution in [0.5, 0.6) is 0 Å². The van der Waals surface area contributed by atoms with Crippen molar-refractivity contribution >= 4 is 28.5 Å². The maximum atomic E-state index is 13.5. The van der Waals surface area contributed by atoms with E-state index in [4.69, 9.17) is 5.73 Å². The number of benzene rings is 2. The number of nitrogens with two attached hydrogens (primary N) is 1. The van der Waals surface area contributed by atoms with E-state index >= 15 is 0 Å². The van der Waals surface area contributed by atoms with E-state index in [0.717, 1.165) is 15.2 Å². The molecule has 0 aliphatic rings. The van der Waals surface area contributed by atoms with Gasteiger partial charge in [0.05, 0.1) is 6.10 Å². The second-order valence-electron chi connectivity index (χ2n) is 6.89. The molecule has 0 spiro atoms. The molecule has 4 N–H and O–H groups in total. The number of nitrogens with one attached hydrogen (secondary N) is 1. The van der Waals surface area contributed by atoms with Crippen LogP contribution >= 0.6 is 22.6 Å². The molecule has 0 aliphatic carbocycles. The summed E-state index contributed by atoms with van der Waals surface area (Å²) in [4.78, 5) is 11.9. The molecule has 2 aromatic rings. The summed E-state index contributed by atoms with van der Waals surface area (Å²) in [6.07, 6.45) is -0.305. The molecule has 0 saturated carbocycles. The van der Waals surface area contributed by atoms with Gasteiger partial charge in [0.25, 0.3) is 0 Å². The van der Waals surface area contributed by atoms with Crippen LogP contribution in [-0.2, 0) is 17.8 Å². The van der Waals surface area contributed by atoms with Gasteiger partial charge in [0.2, 0.25) is 5.91 Å². The predicted octanol–water partition coefficient (Wildman–Crippen LogP) is 3.39. The van der Waals surface area contributed by atoms with E-state index in [1.165, 1.54) is 12.1 Å². The fourth-order valence-electron chi connectivity index (χ4n) is 3.43. The molecule has 152 valence electrons. The number of aliphatic hydroxyl groups excluding tert-OH is 1. The van der Waals surface area contributed by atoms with Crippen LogP contribution in [0.3, 0.4) is 0 Å². The fraction of sp³-hybridized carbons (Fsp3) is 0.381. The topological polar surface area (TPSA) is 75.4 Å². The van der Waals surface area contributed by atoms with Crippen molar-refractivity contribution in [2.75, 3.05) is 6.54 Å². The zero-order valence-electron chi connectivity index (χ0n) is 15.7. The summed E-state index contributed by atoms with van der Waals surface area (Å²) < 4.78 is 28.2. The lowest BCUT2D eigenvalue weighted by Crippen LogP contribution is -2.42. The molecule has 28 heavy (non-hydrogen) atoms. The lowest BCUT2D eigenvalue weighted by molar-refractivity contribution is -0.125. The average molecular weight is 502 g/mol. The van der Waals surface area contributed by atoms with Crippen LogP contribution in [0.1, 0.15) is 24.5 Å². The van der Waals surface area contributed by atoms with E-state index in [2.05, 4.69) is 27.9 Å². The quantitative estimate of drug-likeness (QED) is 0.437. The molecule has 3 atom stereocenters. The molecule has 4 nitrogen and oxygen atoms in total. The molecule has 0 heterocycles. The zero-order valence-corrected chi connectivity index (χ0v) is 17.8. The van der Waals surface area contributed by atoms with Crippen molar-refractivity contribution in [1.82, 2.24) is 5.32 Å². The molecule has 7 heteroatoms. The Morgan fingerprint density at radius 1 is 1.18 bits per heavy atom. The van der Waals surface area contributed by atoms with Gasteiger partial charge in [-0.2, -0.15) is 0 Å². The SMILES string of the molecule is CCC(C(N)=O)[C@H](Cc1cc(F)cc(F)c1)[C@@H](O)CNCc1cccc(I)c1. The molecule has 2 aromatic carbocycles. The number of amides is 1. The van der Waals surface area contributed by atoms with Gasteiger partial charge in [0.1, 0.15) is 11.6 Å². The van der Waals surface area contributed by atoms with Gasteiger partial charge in [-0.25, -0.2) is 8.78 Å². The summed E-state index contributed by atoms with van der Waals surface area (Å²) in [6.45, 7) is 2.60. The minimum absolute atomic E-state index is 0.155. The van der Waals surface area contributed by atoms with Crippen LogP contribution in [-0.4, -0.2) is 23.7 Å². The highest BCUT2D eigenvalue weighted by Gasteiger charge is 2.31. The summed E-state index contributed by atoms with van der Waals surface area (Å²) in [5, 5.41) is 13.9. The van der Waals surface area contributed by atoms with E-state index in [1.807, 2.05) is 24.3 Å². The monoisotopic (exact) mass is 502 g/mol. The van der Waals surface area contributed by atoms with E-state index in [1.54, 1.807) is 6.92 Å². The Hall–Kier alpha value is -1.58. The van der Waals surface area contributed by atoms with E-state index in [-0.39, 0.29) is 13.0 Å². The minimum atomic E-state index is -0.897. The van der Waals surface area contributed by atoms with Crippen LogP contribution in [0, 0.1) is 27.0 Å². The van der Waals surface area contributed by atoms with Gasteiger partial charge >= 0.3 is 0 Å². The molecule has 0 radical (unpaired) electrons. The maximum absolute atomic E-state index is 13.5. The number of carbonyl (C=O) groups is 1. The Morgan fingerprint density at radius 2 is 1.86 bits per heavy atom. The first-order chi connectivity index (χ1) is 13.3. The van der Waals surface area contributed by atoms with Crippen molar-refractivity contribution in [2.45, 2.75) is 32.4 Å². The third-order valence-electron chi connectivity index (χ3n) is 4.78. The number of aliphatic hydroxyl groups is 1. The molecular formula is C21H25F2IN2O2. The van der Waals surface area contributed by atoms with Gasteiger partial charge in [-0.1, -0.05) is 19.1 Å². The lowest BCUT2D eigenvalue weighted by atomic mass is 9.80. The summed E-state index contributed by atoms with van der Waals surface area (Å²) in [5.41, 5.74) is 6.98. The first-order valence-corrected chi connectivity index (χ1v) is 10.3. The maximum Gasteiger partial charge on any atom is 0.220 e. The molecule has 0 fully saturated rings. The van der Waals surface area contributed by atoms with Gasteiger partial charge in [-0.05, 0) is 70.8 Å². The zero-order chi connectivity index (χ0) is 20.7. The number of rotatable bonds is 10. The fourth-order valence-corrected chi connectivity index (χ4v) is 4.03.